The van der Waals surface area contributed by atoms with Gasteiger partial charge < -0.3 is 15.3 Å². The van der Waals surface area contributed by atoms with Gasteiger partial charge in [-0.25, -0.2) is 0 Å². The minimum atomic E-state index is -0.379. The normalized spacial score (nSPS) is 19.6. The Morgan fingerprint density at radius 3 is 2.65 bits per heavy atom. The predicted molar refractivity (Wildman–Crippen MR) is 90.8 cm³/mol. The third-order valence-corrected chi connectivity index (χ3v) is 4.10. The molecular weight excluding hydrogens is 292 g/mol. The summed E-state index contributed by atoms with van der Waals surface area (Å²) in [5.74, 6) is 0.0283. The van der Waals surface area contributed by atoms with Gasteiger partial charge in [0.15, 0.2) is 0 Å². The molecule has 2 unspecified atom stereocenters. The molecule has 1 aliphatic rings. The Labute approximate surface area is 137 Å². The summed E-state index contributed by atoms with van der Waals surface area (Å²) in [6.07, 6.45) is 4.86. The molecule has 1 heterocycles. The van der Waals surface area contributed by atoms with E-state index in [0.29, 0.717) is 6.54 Å². The van der Waals surface area contributed by atoms with Crippen LogP contribution in [0.3, 0.4) is 0 Å². The molecule has 124 valence electrons. The maximum atomic E-state index is 12.3. The van der Waals surface area contributed by atoms with Gasteiger partial charge in [-0.2, -0.15) is 0 Å². The van der Waals surface area contributed by atoms with Crippen LogP contribution in [0.1, 0.15) is 32.3 Å². The van der Waals surface area contributed by atoms with E-state index in [1.807, 2.05) is 12.1 Å². The van der Waals surface area contributed by atoms with Gasteiger partial charge in [-0.3, -0.25) is 9.59 Å². The highest BCUT2D eigenvalue weighted by Gasteiger charge is 2.25. The summed E-state index contributed by atoms with van der Waals surface area (Å²) in [6.45, 7) is 4.60. The monoisotopic (exact) mass is 316 g/mol. The fourth-order valence-electron chi connectivity index (χ4n) is 2.76. The van der Waals surface area contributed by atoms with Crippen LogP contribution < -0.4 is 5.32 Å². The van der Waals surface area contributed by atoms with Crippen molar-refractivity contribution in [1.82, 2.24) is 4.90 Å². The predicted octanol–water partition coefficient (Wildman–Crippen LogP) is 2.28. The molecule has 1 aromatic rings. The van der Waals surface area contributed by atoms with E-state index < -0.39 is 0 Å². The number of aliphatic hydroxyl groups is 1. The van der Waals surface area contributed by atoms with Crippen LogP contribution in [0.4, 0.5) is 5.69 Å². The minimum Gasteiger partial charge on any atom is -0.393 e. The molecule has 1 fully saturated rings. The molecule has 1 saturated heterocycles. The van der Waals surface area contributed by atoms with Crippen molar-refractivity contribution in [2.75, 3.05) is 18.4 Å². The fraction of sp³-hybridized carbons (Fsp3) is 0.444. The Bertz CT molecular complexity index is 578. The number of benzene rings is 1. The van der Waals surface area contributed by atoms with Crippen LogP contribution in [0.15, 0.2) is 30.3 Å². The van der Waals surface area contributed by atoms with E-state index in [-0.39, 0.29) is 23.8 Å². The molecule has 2 atom stereocenters. The molecular formula is C18H24N2O3. The second-order valence-electron chi connectivity index (χ2n) is 6.06. The number of hydrogen-bond donors (Lipinski definition) is 2. The molecule has 1 aliphatic heterocycles. The van der Waals surface area contributed by atoms with Crippen LogP contribution in [0.5, 0.6) is 0 Å². The summed E-state index contributed by atoms with van der Waals surface area (Å²) in [7, 11) is 0. The van der Waals surface area contributed by atoms with Gasteiger partial charge >= 0.3 is 0 Å². The average Bonchev–Trinajstić information content (AvgIpc) is 2.53. The van der Waals surface area contributed by atoms with Crippen molar-refractivity contribution >= 4 is 23.6 Å². The number of likely N-dealkylation sites (tertiary alicyclic amines) is 1. The van der Waals surface area contributed by atoms with Gasteiger partial charge in [0.25, 0.3) is 0 Å². The number of anilines is 1. The van der Waals surface area contributed by atoms with Crippen LogP contribution in [0.2, 0.25) is 0 Å². The van der Waals surface area contributed by atoms with Crippen molar-refractivity contribution in [3.05, 3.63) is 35.9 Å². The van der Waals surface area contributed by atoms with E-state index in [4.69, 9.17) is 0 Å². The van der Waals surface area contributed by atoms with Crippen molar-refractivity contribution in [2.24, 2.45) is 5.92 Å². The SMILES string of the molecule is CC(=O)Nc1ccc(/C=C/C(=O)N2CCCC(C(C)O)C2)cc1. The lowest BCUT2D eigenvalue weighted by Crippen LogP contribution is -2.42. The lowest BCUT2D eigenvalue weighted by molar-refractivity contribution is -0.128. The Balaban J connectivity index is 1.93. The first-order chi connectivity index (χ1) is 11.0. The van der Waals surface area contributed by atoms with Crippen molar-refractivity contribution in [3.8, 4) is 0 Å². The summed E-state index contributed by atoms with van der Waals surface area (Å²) in [4.78, 5) is 25.0. The van der Waals surface area contributed by atoms with Gasteiger partial charge in [-0.1, -0.05) is 12.1 Å². The summed E-state index contributed by atoms with van der Waals surface area (Å²) < 4.78 is 0. The van der Waals surface area contributed by atoms with Gasteiger partial charge in [0, 0.05) is 37.7 Å². The fourth-order valence-corrected chi connectivity index (χ4v) is 2.76. The number of nitrogens with one attached hydrogen (secondary N) is 1. The topological polar surface area (TPSA) is 69.6 Å². The van der Waals surface area contributed by atoms with Crippen LogP contribution in [-0.2, 0) is 9.59 Å². The zero-order valence-electron chi connectivity index (χ0n) is 13.7. The van der Waals surface area contributed by atoms with Gasteiger partial charge in [0.2, 0.25) is 11.8 Å². The van der Waals surface area contributed by atoms with E-state index in [9.17, 15) is 14.7 Å². The molecule has 2 amide bonds. The lowest BCUT2D eigenvalue weighted by Gasteiger charge is -2.33. The molecule has 2 N–H and O–H groups in total. The number of rotatable bonds is 4. The molecule has 0 saturated carbocycles. The maximum absolute atomic E-state index is 12.3. The Kier molecular flexibility index (Phi) is 5.93. The molecule has 23 heavy (non-hydrogen) atoms. The quantitative estimate of drug-likeness (QED) is 0.837. The first-order valence-corrected chi connectivity index (χ1v) is 7.98. The first kappa shape index (κ1) is 17.2. The van der Waals surface area contributed by atoms with Gasteiger partial charge in [-0.05, 0) is 43.5 Å². The highest BCUT2D eigenvalue weighted by Crippen LogP contribution is 2.20. The second-order valence-corrected chi connectivity index (χ2v) is 6.06. The van der Waals surface area contributed by atoms with Crippen molar-refractivity contribution in [1.29, 1.82) is 0 Å². The van der Waals surface area contributed by atoms with Crippen molar-refractivity contribution < 1.29 is 14.7 Å². The van der Waals surface area contributed by atoms with Crippen LogP contribution in [0.25, 0.3) is 6.08 Å². The summed E-state index contributed by atoms with van der Waals surface area (Å²) in [6, 6.07) is 7.31. The highest BCUT2D eigenvalue weighted by atomic mass is 16.3. The Morgan fingerprint density at radius 1 is 1.35 bits per heavy atom. The van der Waals surface area contributed by atoms with Crippen molar-refractivity contribution in [3.63, 3.8) is 0 Å². The van der Waals surface area contributed by atoms with E-state index in [1.165, 1.54) is 6.92 Å². The summed E-state index contributed by atoms with van der Waals surface area (Å²) >= 11 is 0. The lowest BCUT2D eigenvalue weighted by atomic mass is 9.93. The number of nitrogens with zero attached hydrogens (tertiary/aromatic N) is 1. The molecule has 0 spiro atoms. The van der Waals surface area contributed by atoms with E-state index in [1.54, 1.807) is 36.1 Å². The van der Waals surface area contributed by atoms with Gasteiger partial charge in [0.05, 0.1) is 6.10 Å². The van der Waals surface area contributed by atoms with E-state index in [2.05, 4.69) is 5.32 Å². The zero-order chi connectivity index (χ0) is 16.8. The molecule has 1 aromatic carbocycles. The van der Waals surface area contributed by atoms with Crippen LogP contribution in [-0.4, -0.2) is 41.0 Å². The average molecular weight is 316 g/mol. The number of carbonyl (C=O) groups is 2. The van der Waals surface area contributed by atoms with Gasteiger partial charge in [-0.15, -0.1) is 0 Å². The third kappa shape index (κ3) is 5.21. The first-order valence-electron chi connectivity index (χ1n) is 7.98. The second kappa shape index (κ2) is 7.92. The Hall–Kier alpha value is -2.14. The zero-order valence-corrected chi connectivity index (χ0v) is 13.7. The molecule has 5 nitrogen and oxygen atoms in total. The van der Waals surface area contributed by atoms with Crippen LogP contribution in [0, 0.1) is 5.92 Å². The Morgan fingerprint density at radius 2 is 2.04 bits per heavy atom. The smallest absolute Gasteiger partial charge is 0.246 e. The van der Waals surface area contributed by atoms with E-state index >= 15 is 0 Å². The molecule has 2 rings (SSSR count). The largest absolute Gasteiger partial charge is 0.393 e. The summed E-state index contributed by atoms with van der Waals surface area (Å²) in [5.41, 5.74) is 1.63. The number of aliphatic hydroxyl groups excluding tert-OH is 1. The number of piperidine rings is 1. The maximum Gasteiger partial charge on any atom is 0.246 e. The summed E-state index contributed by atoms with van der Waals surface area (Å²) in [5, 5.41) is 12.4. The third-order valence-electron chi connectivity index (χ3n) is 4.10. The minimum absolute atomic E-state index is 0.0266. The van der Waals surface area contributed by atoms with Crippen molar-refractivity contribution in [2.45, 2.75) is 32.8 Å². The molecule has 0 aromatic heterocycles. The number of carbonyl (C=O) groups excluding carboxylic acids is 2. The highest BCUT2D eigenvalue weighted by molar-refractivity contribution is 5.92. The number of amides is 2. The van der Waals surface area contributed by atoms with E-state index in [0.717, 1.165) is 30.6 Å². The standard InChI is InChI=1S/C18H24N2O3/c1-13(21)16-4-3-11-20(12-16)18(23)10-7-15-5-8-17(9-6-15)19-14(2)22/h5-10,13,16,21H,3-4,11-12H2,1-2H3,(H,19,22)/b10-7+. The van der Waals surface area contributed by atoms with Gasteiger partial charge in [0.1, 0.15) is 0 Å². The van der Waals surface area contributed by atoms with Crippen LogP contribution >= 0.6 is 0 Å². The molecule has 0 bridgehead atoms. The number of hydrogen-bond acceptors (Lipinski definition) is 3. The molecule has 0 aliphatic carbocycles. The molecule has 5 heteroatoms. The molecule has 0 radical (unpaired) electrons.